The molecule has 0 aliphatic carbocycles. The summed E-state index contributed by atoms with van der Waals surface area (Å²) in [5.41, 5.74) is 0.471. The lowest BCUT2D eigenvalue weighted by atomic mass is 10.2. The third-order valence-corrected chi connectivity index (χ3v) is 5.91. The molecule has 1 aromatic rings. The van der Waals surface area contributed by atoms with E-state index in [1.54, 1.807) is 24.3 Å². The van der Waals surface area contributed by atoms with Gasteiger partial charge in [0.2, 0.25) is 10.0 Å². The summed E-state index contributed by atoms with van der Waals surface area (Å²) in [6.45, 7) is 4.75. The van der Waals surface area contributed by atoms with Crippen LogP contribution in [0.15, 0.2) is 24.3 Å². The Bertz CT molecular complexity index is 645. The molecule has 128 valence electrons. The lowest BCUT2D eigenvalue weighted by molar-refractivity contribution is 0.0773. The predicted octanol–water partition coefficient (Wildman–Crippen LogP) is 1.04. The largest absolute Gasteiger partial charge is 0.338 e. The summed E-state index contributed by atoms with van der Waals surface area (Å²) in [6.07, 6.45) is 0. The smallest absolute Gasteiger partial charge is 0.253 e. The van der Waals surface area contributed by atoms with Crippen molar-refractivity contribution in [2.24, 2.45) is 0 Å². The van der Waals surface area contributed by atoms with Gasteiger partial charge in [-0.3, -0.25) is 4.79 Å². The number of nitrogens with zero attached hydrogens (tertiary/aromatic N) is 2. The molecule has 0 aromatic heterocycles. The van der Waals surface area contributed by atoms with Crippen molar-refractivity contribution in [1.82, 2.24) is 14.5 Å². The number of carbonyl (C=O) groups is 1. The maximum absolute atomic E-state index is 12.5. The zero-order chi connectivity index (χ0) is 16.9. The van der Waals surface area contributed by atoms with Crippen LogP contribution in [0.1, 0.15) is 17.3 Å². The van der Waals surface area contributed by atoms with Crippen LogP contribution in [0.2, 0.25) is 5.02 Å². The Balaban J connectivity index is 2.00. The Morgan fingerprint density at radius 3 is 2.65 bits per heavy atom. The quantitative estimate of drug-likeness (QED) is 0.823. The Morgan fingerprint density at radius 1 is 1.35 bits per heavy atom. The summed E-state index contributed by atoms with van der Waals surface area (Å²) in [5.74, 6) is -0.266. The second kappa shape index (κ2) is 8.10. The number of benzene rings is 1. The molecule has 6 nitrogen and oxygen atoms in total. The summed E-state index contributed by atoms with van der Waals surface area (Å²) in [6, 6.07) is 6.68. The van der Waals surface area contributed by atoms with Crippen LogP contribution in [0.4, 0.5) is 0 Å². The first kappa shape index (κ1) is 18.2. The molecule has 0 radical (unpaired) electrons. The third-order valence-electron chi connectivity index (χ3n) is 3.83. The van der Waals surface area contributed by atoms with Crippen LogP contribution in [0, 0.1) is 0 Å². The van der Waals surface area contributed by atoms with Crippen molar-refractivity contribution in [3.8, 4) is 0 Å². The molecular formula is C15H22ClN3O3S. The second-order valence-corrected chi connectivity index (χ2v) is 7.89. The van der Waals surface area contributed by atoms with Gasteiger partial charge in [-0.05, 0) is 25.1 Å². The van der Waals surface area contributed by atoms with Crippen molar-refractivity contribution in [1.29, 1.82) is 0 Å². The first-order chi connectivity index (χ1) is 10.9. The minimum absolute atomic E-state index is 0.0624. The average Bonchev–Trinajstić information content (AvgIpc) is 2.56. The molecule has 1 aliphatic heterocycles. The minimum Gasteiger partial charge on any atom is -0.338 e. The normalized spacial score (nSPS) is 16.3. The fraction of sp³-hybridized carbons (Fsp3) is 0.533. The van der Waals surface area contributed by atoms with E-state index < -0.39 is 10.0 Å². The Labute approximate surface area is 142 Å². The van der Waals surface area contributed by atoms with Gasteiger partial charge in [0.05, 0.1) is 5.75 Å². The molecule has 0 bridgehead atoms. The Kier molecular flexibility index (Phi) is 6.41. The molecule has 1 N–H and O–H groups in total. The molecule has 0 atom stereocenters. The summed E-state index contributed by atoms with van der Waals surface area (Å²) in [7, 11) is -3.34. The van der Waals surface area contributed by atoms with E-state index in [4.69, 9.17) is 11.6 Å². The molecule has 0 spiro atoms. The summed E-state index contributed by atoms with van der Waals surface area (Å²) < 4.78 is 26.2. The molecule has 8 heteroatoms. The number of sulfonamides is 1. The van der Waals surface area contributed by atoms with Gasteiger partial charge in [-0.25, -0.2) is 8.42 Å². The van der Waals surface area contributed by atoms with Crippen LogP contribution in [0.5, 0.6) is 0 Å². The highest BCUT2D eigenvalue weighted by Gasteiger charge is 2.25. The Hall–Kier alpha value is -1.15. The molecule has 0 unspecified atom stereocenters. The molecule has 1 heterocycles. The predicted molar refractivity (Wildman–Crippen MR) is 91.3 cm³/mol. The monoisotopic (exact) mass is 359 g/mol. The second-order valence-electron chi connectivity index (χ2n) is 5.36. The number of nitrogens with one attached hydrogen (secondary N) is 1. The molecule has 23 heavy (non-hydrogen) atoms. The van der Waals surface area contributed by atoms with Gasteiger partial charge in [-0.15, -0.1) is 0 Å². The number of piperazine rings is 1. The third kappa shape index (κ3) is 4.91. The first-order valence-corrected chi connectivity index (χ1v) is 9.66. The molecule has 0 saturated carbocycles. The zero-order valence-corrected chi connectivity index (χ0v) is 14.7. The standard InChI is InChI=1S/C15H22ClN3O3S/c1-2-18(15(20)13-4-3-5-14(16)12-13)10-11-23(21,22)19-8-6-17-7-9-19/h3-5,12,17H,2,6-11H2,1H3. The van der Waals surface area contributed by atoms with Crippen LogP contribution in [-0.4, -0.2) is 68.6 Å². The highest BCUT2D eigenvalue weighted by Crippen LogP contribution is 2.13. The van der Waals surface area contributed by atoms with Crippen molar-refractivity contribution in [2.75, 3.05) is 45.0 Å². The maximum Gasteiger partial charge on any atom is 0.253 e. The number of amides is 1. The first-order valence-electron chi connectivity index (χ1n) is 7.67. The van der Waals surface area contributed by atoms with Gasteiger partial charge in [0.15, 0.2) is 0 Å². The lowest BCUT2D eigenvalue weighted by Gasteiger charge is -2.28. The van der Waals surface area contributed by atoms with E-state index in [2.05, 4.69) is 5.32 Å². The van der Waals surface area contributed by atoms with Crippen molar-refractivity contribution < 1.29 is 13.2 Å². The molecule has 1 amide bonds. The van der Waals surface area contributed by atoms with Gasteiger partial charge in [0.25, 0.3) is 5.91 Å². The van der Waals surface area contributed by atoms with Crippen LogP contribution < -0.4 is 5.32 Å². The fourth-order valence-corrected chi connectivity index (χ4v) is 4.12. The lowest BCUT2D eigenvalue weighted by Crippen LogP contribution is -2.48. The maximum atomic E-state index is 12.5. The van der Waals surface area contributed by atoms with Gasteiger partial charge < -0.3 is 10.2 Å². The van der Waals surface area contributed by atoms with Crippen LogP contribution >= 0.6 is 11.6 Å². The molecule has 1 saturated heterocycles. The van der Waals surface area contributed by atoms with Crippen molar-refractivity contribution >= 4 is 27.5 Å². The van der Waals surface area contributed by atoms with Crippen LogP contribution in [0.3, 0.4) is 0 Å². The van der Waals surface area contributed by atoms with E-state index in [-0.39, 0.29) is 18.2 Å². The van der Waals surface area contributed by atoms with E-state index in [9.17, 15) is 13.2 Å². The number of hydrogen-bond donors (Lipinski definition) is 1. The number of carbonyl (C=O) groups excluding carboxylic acids is 1. The molecule has 1 aliphatic rings. The van der Waals surface area contributed by atoms with Crippen molar-refractivity contribution in [3.63, 3.8) is 0 Å². The number of halogens is 1. The van der Waals surface area contributed by atoms with Gasteiger partial charge in [0.1, 0.15) is 0 Å². The van der Waals surface area contributed by atoms with Gasteiger partial charge in [-0.1, -0.05) is 17.7 Å². The zero-order valence-electron chi connectivity index (χ0n) is 13.2. The van der Waals surface area contributed by atoms with E-state index in [1.165, 1.54) is 9.21 Å². The Morgan fingerprint density at radius 2 is 2.04 bits per heavy atom. The van der Waals surface area contributed by atoms with Crippen LogP contribution in [-0.2, 0) is 10.0 Å². The average molecular weight is 360 g/mol. The summed E-state index contributed by atoms with van der Waals surface area (Å²) in [5, 5.41) is 3.61. The minimum atomic E-state index is -3.34. The van der Waals surface area contributed by atoms with Gasteiger partial charge in [-0.2, -0.15) is 4.31 Å². The molecular weight excluding hydrogens is 338 g/mol. The molecule has 1 aromatic carbocycles. The van der Waals surface area contributed by atoms with E-state index in [1.807, 2.05) is 6.92 Å². The fourth-order valence-electron chi connectivity index (χ4n) is 2.48. The SMILES string of the molecule is CCN(CCS(=O)(=O)N1CCNCC1)C(=O)c1cccc(Cl)c1. The highest BCUT2D eigenvalue weighted by molar-refractivity contribution is 7.89. The van der Waals surface area contributed by atoms with E-state index in [0.29, 0.717) is 43.3 Å². The number of rotatable bonds is 6. The summed E-state index contributed by atoms with van der Waals surface area (Å²) in [4.78, 5) is 14.0. The van der Waals surface area contributed by atoms with Gasteiger partial charge >= 0.3 is 0 Å². The van der Waals surface area contributed by atoms with Crippen LogP contribution in [0.25, 0.3) is 0 Å². The highest BCUT2D eigenvalue weighted by atomic mass is 35.5. The van der Waals surface area contributed by atoms with E-state index in [0.717, 1.165) is 0 Å². The molecule has 1 fully saturated rings. The molecule has 2 rings (SSSR count). The van der Waals surface area contributed by atoms with E-state index >= 15 is 0 Å². The summed E-state index contributed by atoms with van der Waals surface area (Å²) >= 11 is 5.91. The number of hydrogen-bond acceptors (Lipinski definition) is 4. The van der Waals surface area contributed by atoms with Gasteiger partial charge in [0, 0.05) is 49.9 Å². The topological polar surface area (TPSA) is 69.7 Å². The van der Waals surface area contributed by atoms with Crippen molar-refractivity contribution in [2.45, 2.75) is 6.92 Å². The van der Waals surface area contributed by atoms with Crippen molar-refractivity contribution in [3.05, 3.63) is 34.9 Å².